The molecule has 0 bridgehead atoms. The van der Waals surface area contributed by atoms with E-state index in [9.17, 15) is 8.78 Å². The maximum absolute atomic E-state index is 12.9. The number of halogens is 2. The Morgan fingerprint density at radius 1 is 1.64 bits per heavy atom. The summed E-state index contributed by atoms with van der Waals surface area (Å²) in [6.07, 6.45) is 2.31. The van der Waals surface area contributed by atoms with Gasteiger partial charge >= 0.3 is 0 Å². The Morgan fingerprint density at radius 2 is 2.43 bits per heavy atom. The van der Waals surface area contributed by atoms with Gasteiger partial charge in [0, 0.05) is 25.6 Å². The Balaban J connectivity index is 2.17. The van der Waals surface area contributed by atoms with Crippen molar-refractivity contribution in [1.29, 1.82) is 0 Å². The van der Waals surface area contributed by atoms with E-state index in [0.29, 0.717) is 5.92 Å². The molecular weight excluding hydrogens is 206 g/mol. The van der Waals surface area contributed by atoms with Gasteiger partial charge in [-0.15, -0.1) is 11.3 Å². The van der Waals surface area contributed by atoms with Gasteiger partial charge in [-0.3, -0.25) is 0 Å². The zero-order chi connectivity index (χ0) is 10.2. The molecule has 1 aromatic heterocycles. The second-order valence-electron chi connectivity index (χ2n) is 3.64. The summed E-state index contributed by atoms with van der Waals surface area (Å²) in [6, 6.07) is 0. The maximum atomic E-state index is 12.9. The first-order valence-corrected chi connectivity index (χ1v) is 5.44. The number of thiazole rings is 1. The first kappa shape index (κ1) is 9.98. The van der Waals surface area contributed by atoms with Gasteiger partial charge in [0.25, 0.3) is 5.92 Å². The molecule has 0 aliphatic carbocycles. The standard InChI is InChI=1S/C9H12F2N2S/c1-9(10,11)7-5-13-8(14-7)6-2-3-12-4-6/h5-6,12H,2-4H2,1H3. The summed E-state index contributed by atoms with van der Waals surface area (Å²) >= 11 is 1.14. The van der Waals surface area contributed by atoms with E-state index in [4.69, 9.17) is 0 Å². The van der Waals surface area contributed by atoms with E-state index in [2.05, 4.69) is 10.3 Å². The van der Waals surface area contributed by atoms with Crippen LogP contribution in [-0.2, 0) is 5.92 Å². The molecule has 2 rings (SSSR count). The lowest BCUT2D eigenvalue weighted by Crippen LogP contribution is -2.07. The van der Waals surface area contributed by atoms with Crippen LogP contribution in [0.1, 0.15) is 29.1 Å². The zero-order valence-corrected chi connectivity index (χ0v) is 8.70. The molecule has 1 aromatic rings. The lowest BCUT2D eigenvalue weighted by molar-refractivity contribution is 0.0213. The molecule has 1 fully saturated rings. The van der Waals surface area contributed by atoms with Gasteiger partial charge in [0.1, 0.15) is 0 Å². The molecule has 14 heavy (non-hydrogen) atoms. The van der Waals surface area contributed by atoms with Gasteiger partial charge in [0.15, 0.2) is 0 Å². The van der Waals surface area contributed by atoms with Gasteiger partial charge in [0.05, 0.1) is 9.88 Å². The third-order valence-corrected chi connectivity index (χ3v) is 3.70. The molecule has 1 N–H and O–H groups in total. The van der Waals surface area contributed by atoms with Gasteiger partial charge < -0.3 is 5.32 Å². The van der Waals surface area contributed by atoms with Crippen molar-refractivity contribution in [3.63, 3.8) is 0 Å². The lowest BCUT2D eigenvalue weighted by atomic mass is 10.1. The fraction of sp³-hybridized carbons (Fsp3) is 0.667. The monoisotopic (exact) mass is 218 g/mol. The van der Waals surface area contributed by atoms with E-state index in [-0.39, 0.29) is 4.88 Å². The van der Waals surface area contributed by atoms with Crippen LogP contribution in [0.25, 0.3) is 0 Å². The van der Waals surface area contributed by atoms with E-state index in [1.165, 1.54) is 6.20 Å². The molecule has 1 aliphatic heterocycles. The number of nitrogens with one attached hydrogen (secondary N) is 1. The topological polar surface area (TPSA) is 24.9 Å². The summed E-state index contributed by atoms with van der Waals surface area (Å²) in [5.74, 6) is -2.42. The Hall–Kier alpha value is -0.550. The number of aromatic nitrogens is 1. The SMILES string of the molecule is CC(F)(F)c1cnc(C2CCNC2)s1. The predicted octanol–water partition coefficient (Wildman–Crippen LogP) is 2.33. The first-order valence-electron chi connectivity index (χ1n) is 4.62. The summed E-state index contributed by atoms with van der Waals surface area (Å²) in [7, 11) is 0. The number of nitrogens with zero attached hydrogens (tertiary/aromatic N) is 1. The van der Waals surface area contributed by atoms with Crippen LogP contribution in [-0.4, -0.2) is 18.1 Å². The molecule has 0 radical (unpaired) electrons. The second-order valence-corrected chi connectivity index (χ2v) is 4.70. The molecule has 1 saturated heterocycles. The lowest BCUT2D eigenvalue weighted by Gasteiger charge is -2.05. The zero-order valence-electron chi connectivity index (χ0n) is 7.89. The van der Waals surface area contributed by atoms with Crippen molar-refractivity contribution in [2.75, 3.05) is 13.1 Å². The van der Waals surface area contributed by atoms with E-state index < -0.39 is 5.92 Å². The molecule has 2 nitrogen and oxygen atoms in total. The maximum Gasteiger partial charge on any atom is 0.281 e. The molecule has 1 atom stereocenters. The summed E-state index contributed by atoms with van der Waals surface area (Å²) in [4.78, 5) is 4.13. The van der Waals surface area contributed by atoms with Crippen molar-refractivity contribution < 1.29 is 8.78 Å². The molecule has 0 aromatic carbocycles. The van der Waals surface area contributed by atoms with E-state index in [0.717, 1.165) is 42.8 Å². The third-order valence-electron chi connectivity index (χ3n) is 2.37. The van der Waals surface area contributed by atoms with Crippen molar-refractivity contribution >= 4 is 11.3 Å². The summed E-state index contributed by atoms with van der Waals surface area (Å²) in [6.45, 7) is 2.74. The summed E-state index contributed by atoms with van der Waals surface area (Å²) in [5, 5.41) is 4.04. The smallest absolute Gasteiger partial charge is 0.281 e. The van der Waals surface area contributed by atoms with Gasteiger partial charge in [-0.1, -0.05) is 0 Å². The van der Waals surface area contributed by atoms with Crippen LogP contribution in [0, 0.1) is 0 Å². The quantitative estimate of drug-likeness (QED) is 0.824. The van der Waals surface area contributed by atoms with Crippen LogP contribution in [0.2, 0.25) is 0 Å². The van der Waals surface area contributed by atoms with E-state index in [1.807, 2.05) is 0 Å². The average molecular weight is 218 g/mol. The highest BCUT2D eigenvalue weighted by molar-refractivity contribution is 7.11. The molecular formula is C9H12F2N2S. The van der Waals surface area contributed by atoms with Crippen molar-refractivity contribution in [3.05, 3.63) is 16.1 Å². The van der Waals surface area contributed by atoms with Crippen LogP contribution < -0.4 is 5.32 Å². The highest BCUT2D eigenvalue weighted by Crippen LogP contribution is 2.35. The Labute approximate surface area is 85.4 Å². The first-order chi connectivity index (χ1) is 6.57. The van der Waals surface area contributed by atoms with Crippen LogP contribution in [0.15, 0.2) is 6.20 Å². The van der Waals surface area contributed by atoms with Crippen LogP contribution in [0.3, 0.4) is 0 Å². The highest BCUT2D eigenvalue weighted by atomic mass is 32.1. The molecule has 78 valence electrons. The van der Waals surface area contributed by atoms with Crippen molar-refractivity contribution in [2.45, 2.75) is 25.2 Å². The molecule has 5 heteroatoms. The Morgan fingerprint density at radius 3 is 2.93 bits per heavy atom. The number of hydrogen-bond acceptors (Lipinski definition) is 3. The van der Waals surface area contributed by atoms with Crippen molar-refractivity contribution in [2.24, 2.45) is 0 Å². The van der Waals surface area contributed by atoms with E-state index >= 15 is 0 Å². The third kappa shape index (κ3) is 1.93. The number of alkyl halides is 2. The second kappa shape index (κ2) is 3.55. The number of rotatable bonds is 2. The van der Waals surface area contributed by atoms with Crippen molar-refractivity contribution in [3.8, 4) is 0 Å². The molecule has 1 unspecified atom stereocenters. The minimum Gasteiger partial charge on any atom is -0.316 e. The van der Waals surface area contributed by atoms with Crippen LogP contribution in [0.5, 0.6) is 0 Å². The summed E-state index contributed by atoms with van der Waals surface area (Å²) < 4.78 is 25.8. The van der Waals surface area contributed by atoms with Gasteiger partial charge in [-0.2, -0.15) is 0 Å². The molecule has 2 heterocycles. The van der Waals surface area contributed by atoms with Gasteiger partial charge in [0.2, 0.25) is 0 Å². The van der Waals surface area contributed by atoms with Gasteiger partial charge in [-0.25, -0.2) is 13.8 Å². The Bertz CT molecular complexity index is 313. The predicted molar refractivity (Wildman–Crippen MR) is 51.9 cm³/mol. The average Bonchev–Trinajstić information content (AvgIpc) is 2.73. The Kier molecular flexibility index (Phi) is 2.53. The minimum absolute atomic E-state index is 0.0689. The molecule has 0 amide bonds. The van der Waals surface area contributed by atoms with Crippen molar-refractivity contribution in [1.82, 2.24) is 10.3 Å². The van der Waals surface area contributed by atoms with Crippen LogP contribution in [0.4, 0.5) is 8.78 Å². The van der Waals surface area contributed by atoms with Crippen LogP contribution >= 0.6 is 11.3 Å². The largest absolute Gasteiger partial charge is 0.316 e. The highest BCUT2D eigenvalue weighted by Gasteiger charge is 2.29. The normalized spacial score (nSPS) is 22.9. The molecule has 0 spiro atoms. The number of hydrogen-bond donors (Lipinski definition) is 1. The summed E-state index contributed by atoms with van der Waals surface area (Å²) in [5.41, 5.74) is 0. The van der Waals surface area contributed by atoms with E-state index in [1.54, 1.807) is 0 Å². The van der Waals surface area contributed by atoms with Gasteiger partial charge in [-0.05, 0) is 13.0 Å². The molecule has 1 aliphatic rings. The fourth-order valence-electron chi connectivity index (χ4n) is 1.54. The fourth-order valence-corrected chi connectivity index (χ4v) is 2.53. The molecule has 0 saturated carbocycles. The minimum atomic E-state index is -2.75.